The Morgan fingerprint density at radius 3 is 2.52 bits per heavy atom. The molecule has 0 aromatic carbocycles. The Hall–Kier alpha value is -0.960. The van der Waals surface area contributed by atoms with Gasteiger partial charge in [-0.15, -0.1) is 11.3 Å². The summed E-state index contributed by atoms with van der Waals surface area (Å²) in [7, 11) is -3.46. The number of carbonyl (C=O) groups excluding carboxylic acids is 1. The van der Waals surface area contributed by atoms with Crippen LogP contribution in [0.25, 0.3) is 0 Å². The number of nitrogens with zero attached hydrogens (tertiary/aromatic N) is 1. The first kappa shape index (κ1) is 16.4. The van der Waals surface area contributed by atoms with Crippen LogP contribution in [0.1, 0.15) is 22.6 Å². The maximum absolute atomic E-state index is 12.4. The van der Waals surface area contributed by atoms with Gasteiger partial charge in [-0.3, -0.25) is 9.69 Å². The first-order chi connectivity index (χ1) is 9.78. The number of sulfonamides is 1. The topological polar surface area (TPSA) is 92.5 Å². The number of amides is 1. The fourth-order valence-corrected chi connectivity index (χ4v) is 5.45. The van der Waals surface area contributed by atoms with Crippen molar-refractivity contribution in [3.05, 3.63) is 15.8 Å². The first-order valence-electron chi connectivity index (χ1n) is 6.88. The van der Waals surface area contributed by atoms with Crippen LogP contribution < -0.4 is 10.5 Å². The Morgan fingerprint density at radius 2 is 2.05 bits per heavy atom. The summed E-state index contributed by atoms with van der Waals surface area (Å²) in [5.74, 6) is -0.349. The molecule has 0 radical (unpaired) electrons. The third kappa shape index (κ3) is 4.26. The lowest BCUT2D eigenvalue weighted by Gasteiger charge is -2.31. The molecule has 0 aliphatic carbocycles. The maximum atomic E-state index is 12.4. The lowest BCUT2D eigenvalue weighted by atomic mass is 10.1. The minimum absolute atomic E-state index is 0.0845. The van der Waals surface area contributed by atoms with Crippen molar-refractivity contribution in [2.75, 3.05) is 19.6 Å². The Balaban J connectivity index is 1.97. The highest BCUT2D eigenvalue weighted by Gasteiger charge is 2.26. The summed E-state index contributed by atoms with van der Waals surface area (Å²) < 4.78 is 27.6. The quantitative estimate of drug-likeness (QED) is 0.826. The summed E-state index contributed by atoms with van der Waals surface area (Å²) in [5.41, 5.74) is 5.16. The average molecular weight is 331 g/mol. The van der Waals surface area contributed by atoms with Gasteiger partial charge in [0.25, 0.3) is 0 Å². The molecule has 0 unspecified atom stereocenters. The van der Waals surface area contributed by atoms with Crippen LogP contribution in [0, 0.1) is 13.8 Å². The molecule has 1 aromatic rings. The molecule has 1 aromatic heterocycles. The molecule has 118 valence electrons. The normalized spacial score (nSPS) is 18.0. The SMILES string of the molecule is Cc1cc(S(=O)(=O)NC2CCN(CC(N)=O)CC2)c(C)s1. The predicted octanol–water partition coefficient (Wildman–Crippen LogP) is 0.593. The molecule has 0 bridgehead atoms. The molecular formula is C13H21N3O3S2. The van der Waals surface area contributed by atoms with E-state index in [0.29, 0.717) is 30.8 Å². The van der Waals surface area contributed by atoms with Gasteiger partial charge in [-0.2, -0.15) is 0 Å². The minimum atomic E-state index is -3.46. The molecule has 1 aliphatic heterocycles. The van der Waals surface area contributed by atoms with E-state index in [-0.39, 0.29) is 18.5 Å². The van der Waals surface area contributed by atoms with Gasteiger partial charge in [0.15, 0.2) is 0 Å². The molecule has 0 saturated carbocycles. The fraction of sp³-hybridized carbons (Fsp3) is 0.615. The fourth-order valence-electron chi connectivity index (χ4n) is 2.59. The summed E-state index contributed by atoms with van der Waals surface area (Å²) in [5, 5.41) is 0. The second-order valence-electron chi connectivity index (χ2n) is 5.42. The lowest BCUT2D eigenvalue weighted by molar-refractivity contribution is -0.119. The molecule has 8 heteroatoms. The van der Waals surface area contributed by atoms with Gasteiger partial charge in [-0.05, 0) is 32.8 Å². The Kier molecular flexibility index (Phi) is 5.03. The zero-order valence-corrected chi connectivity index (χ0v) is 13.9. The third-order valence-corrected chi connectivity index (χ3v) is 6.32. The number of primary amides is 1. The van der Waals surface area contributed by atoms with Crippen LogP contribution in [0.3, 0.4) is 0 Å². The number of rotatable bonds is 5. The van der Waals surface area contributed by atoms with Crippen molar-refractivity contribution in [2.45, 2.75) is 37.6 Å². The van der Waals surface area contributed by atoms with Crippen LogP contribution in [0.5, 0.6) is 0 Å². The number of hydrogen-bond donors (Lipinski definition) is 2. The summed E-state index contributed by atoms with van der Waals surface area (Å²) in [4.78, 5) is 15.0. The summed E-state index contributed by atoms with van der Waals surface area (Å²) in [6.07, 6.45) is 1.38. The van der Waals surface area contributed by atoms with E-state index in [4.69, 9.17) is 5.73 Å². The number of nitrogens with two attached hydrogens (primary N) is 1. The van der Waals surface area contributed by atoms with Gasteiger partial charge in [0.2, 0.25) is 15.9 Å². The Labute approximate surface area is 129 Å². The van der Waals surface area contributed by atoms with Crippen molar-refractivity contribution in [1.29, 1.82) is 0 Å². The molecule has 1 aliphatic rings. The van der Waals surface area contributed by atoms with E-state index in [1.165, 1.54) is 11.3 Å². The second-order valence-corrected chi connectivity index (χ2v) is 8.56. The van der Waals surface area contributed by atoms with Crippen molar-refractivity contribution < 1.29 is 13.2 Å². The van der Waals surface area contributed by atoms with E-state index in [9.17, 15) is 13.2 Å². The van der Waals surface area contributed by atoms with Gasteiger partial charge in [-0.25, -0.2) is 13.1 Å². The molecule has 2 heterocycles. The van der Waals surface area contributed by atoms with Crippen LogP contribution in [0.2, 0.25) is 0 Å². The number of nitrogens with one attached hydrogen (secondary N) is 1. The van der Waals surface area contributed by atoms with Crippen LogP contribution in [-0.2, 0) is 14.8 Å². The van der Waals surface area contributed by atoms with Gasteiger partial charge in [0, 0.05) is 28.9 Å². The van der Waals surface area contributed by atoms with E-state index in [0.717, 1.165) is 9.75 Å². The van der Waals surface area contributed by atoms with Crippen molar-refractivity contribution in [3.8, 4) is 0 Å². The van der Waals surface area contributed by atoms with Crippen molar-refractivity contribution in [3.63, 3.8) is 0 Å². The van der Waals surface area contributed by atoms with Gasteiger partial charge in [-0.1, -0.05) is 0 Å². The molecule has 21 heavy (non-hydrogen) atoms. The van der Waals surface area contributed by atoms with Gasteiger partial charge in [0.1, 0.15) is 0 Å². The van der Waals surface area contributed by atoms with Gasteiger partial charge >= 0.3 is 0 Å². The predicted molar refractivity (Wildman–Crippen MR) is 82.8 cm³/mol. The lowest BCUT2D eigenvalue weighted by Crippen LogP contribution is -2.46. The van der Waals surface area contributed by atoms with E-state index in [1.54, 1.807) is 6.07 Å². The number of carbonyl (C=O) groups is 1. The van der Waals surface area contributed by atoms with E-state index in [2.05, 4.69) is 4.72 Å². The Morgan fingerprint density at radius 1 is 1.43 bits per heavy atom. The van der Waals surface area contributed by atoms with Crippen LogP contribution in [0.15, 0.2) is 11.0 Å². The average Bonchev–Trinajstić information content (AvgIpc) is 2.71. The molecule has 3 N–H and O–H groups in total. The van der Waals surface area contributed by atoms with Gasteiger partial charge in [0.05, 0.1) is 11.4 Å². The van der Waals surface area contributed by atoms with E-state index in [1.807, 2.05) is 18.7 Å². The third-order valence-electron chi connectivity index (χ3n) is 3.57. The smallest absolute Gasteiger partial charge is 0.241 e. The number of likely N-dealkylation sites (tertiary alicyclic amines) is 1. The molecule has 1 fully saturated rings. The number of hydrogen-bond acceptors (Lipinski definition) is 5. The van der Waals surface area contributed by atoms with Crippen molar-refractivity contribution >= 4 is 27.3 Å². The first-order valence-corrected chi connectivity index (χ1v) is 9.18. The monoisotopic (exact) mass is 331 g/mol. The zero-order valence-electron chi connectivity index (χ0n) is 12.3. The number of thiophene rings is 1. The zero-order chi connectivity index (χ0) is 15.6. The number of aryl methyl sites for hydroxylation is 2. The molecule has 6 nitrogen and oxygen atoms in total. The molecule has 0 atom stereocenters. The second kappa shape index (κ2) is 6.43. The van der Waals surface area contributed by atoms with Crippen molar-refractivity contribution in [1.82, 2.24) is 9.62 Å². The molecular weight excluding hydrogens is 310 g/mol. The molecule has 1 saturated heterocycles. The molecule has 0 spiro atoms. The van der Waals surface area contributed by atoms with E-state index < -0.39 is 10.0 Å². The summed E-state index contributed by atoms with van der Waals surface area (Å²) >= 11 is 1.49. The van der Waals surface area contributed by atoms with Crippen LogP contribution in [0.4, 0.5) is 0 Å². The molecule has 2 rings (SSSR count). The van der Waals surface area contributed by atoms with Crippen LogP contribution >= 0.6 is 11.3 Å². The standard InChI is InChI=1S/C13H21N3O3S2/c1-9-7-12(10(2)20-9)21(18,19)15-11-3-5-16(6-4-11)8-13(14)17/h7,11,15H,3-6,8H2,1-2H3,(H2,14,17). The van der Waals surface area contributed by atoms with Gasteiger partial charge < -0.3 is 5.73 Å². The highest BCUT2D eigenvalue weighted by Crippen LogP contribution is 2.25. The minimum Gasteiger partial charge on any atom is -0.369 e. The van der Waals surface area contributed by atoms with E-state index >= 15 is 0 Å². The van der Waals surface area contributed by atoms with Crippen LogP contribution in [-0.4, -0.2) is 44.9 Å². The molecule has 1 amide bonds. The van der Waals surface area contributed by atoms with Crippen molar-refractivity contribution in [2.24, 2.45) is 5.73 Å². The highest BCUT2D eigenvalue weighted by molar-refractivity contribution is 7.89. The largest absolute Gasteiger partial charge is 0.369 e. The summed E-state index contributed by atoms with van der Waals surface area (Å²) in [6.45, 7) is 5.32. The number of piperidine rings is 1. The Bertz CT molecular complexity index is 617. The summed E-state index contributed by atoms with van der Waals surface area (Å²) in [6, 6.07) is 1.63. The highest BCUT2D eigenvalue weighted by atomic mass is 32.2. The maximum Gasteiger partial charge on any atom is 0.241 e.